The molecule has 0 radical (unpaired) electrons. The fourth-order valence-electron chi connectivity index (χ4n) is 1.63. The van der Waals surface area contributed by atoms with Crippen molar-refractivity contribution in [3.63, 3.8) is 0 Å². The molecular weight excluding hydrogens is 280 g/mol. The van der Waals surface area contributed by atoms with E-state index in [1.165, 1.54) is 25.4 Å². The van der Waals surface area contributed by atoms with Crippen LogP contribution in [0.5, 0.6) is 0 Å². The molecule has 0 aromatic carbocycles. The molecule has 6 nitrogen and oxygen atoms in total. The van der Waals surface area contributed by atoms with Crippen LogP contribution in [0.1, 0.15) is 40.9 Å². The molecule has 0 aliphatic heterocycles. The summed E-state index contributed by atoms with van der Waals surface area (Å²) in [7, 11) is 1.28. The molecule has 0 bridgehead atoms. The van der Waals surface area contributed by atoms with E-state index in [9.17, 15) is 9.59 Å². The summed E-state index contributed by atoms with van der Waals surface area (Å²) in [5, 5.41) is 0.637. The molecule has 7 heteroatoms. The van der Waals surface area contributed by atoms with E-state index < -0.39 is 5.97 Å². The number of likely N-dealkylation sites (N-methyl/N-ethyl adjacent to an activating group) is 1. The molecule has 0 spiro atoms. The van der Waals surface area contributed by atoms with Crippen molar-refractivity contribution in [3.8, 4) is 0 Å². The SMILES string of the molecule is CCOCCN(CC)c1nc(C(=O)OC)c(C(C)=O)s1. The molecule has 1 aromatic rings. The number of ketones is 1. The van der Waals surface area contributed by atoms with Gasteiger partial charge in [-0.05, 0) is 13.8 Å². The molecule has 0 aliphatic rings. The molecular formula is C13H20N2O4S. The Bertz CT molecular complexity index is 473. The molecule has 0 aliphatic carbocycles. The molecule has 0 saturated carbocycles. The lowest BCUT2D eigenvalue weighted by atomic mass is 10.3. The smallest absolute Gasteiger partial charge is 0.358 e. The number of Topliss-reactive ketones (excluding diaryl/α,β-unsaturated/α-hetero) is 1. The van der Waals surface area contributed by atoms with Gasteiger partial charge in [-0.1, -0.05) is 11.3 Å². The lowest BCUT2D eigenvalue weighted by Crippen LogP contribution is -2.27. The van der Waals surface area contributed by atoms with Crippen molar-refractivity contribution >= 4 is 28.2 Å². The summed E-state index contributed by atoms with van der Waals surface area (Å²) in [6.07, 6.45) is 0. The molecule has 1 heterocycles. The van der Waals surface area contributed by atoms with Crippen LogP contribution in [0.15, 0.2) is 0 Å². The first-order chi connectivity index (χ1) is 9.54. The number of aromatic nitrogens is 1. The summed E-state index contributed by atoms with van der Waals surface area (Å²) < 4.78 is 9.98. The third-order valence-corrected chi connectivity index (χ3v) is 3.89. The molecule has 0 N–H and O–H groups in total. The number of thiazole rings is 1. The summed E-state index contributed by atoms with van der Waals surface area (Å²) >= 11 is 1.21. The second kappa shape index (κ2) is 7.96. The number of carbonyl (C=O) groups excluding carboxylic acids is 2. The molecule has 0 unspecified atom stereocenters. The number of hydrogen-bond acceptors (Lipinski definition) is 7. The Morgan fingerprint density at radius 2 is 2.05 bits per heavy atom. The Kier molecular flexibility index (Phi) is 6.60. The van der Waals surface area contributed by atoms with E-state index in [0.717, 1.165) is 6.54 Å². The normalized spacial score (nSPS) is 10.4. The molecule has 1 aromatic heterocycles. The quantitative estimate of drug-likeness (QED) is 0.415. The first kappa shape index (κ1) is 16.6. The maximum atomic E-state index is 11.6. The Hall–Kier alpha value is -1.47. The second-order valence-electron chi connectivity index (χ2n) is 4.00. The lowest BCUT2D eigenvalue weighted by molar-refractivity contribution is 0.0591. The maximum absolute atomic E-state index is 11.6. The summed E-state index contributed by atoms with van der Waals surface area (Å²) in [6.45, 7) is 7.95. The molecule has 112 valence electrons. The number of hydrogen-bond donors (Lipinski definition) is 0. The van der Waals surface area contributed by atoms with Crippen molar-refractivity contribution < 1.29 is 19.1 Å². The Balaban J connectivity index is 2.99. The van der Waals surface area contributed by atoms with E-state index in [1.807, 2.05) is 18.7 Å². The first-order valence-electron chi connectivity index (χ1n) is 6.47. The van der Waals surface area contributed by atoms with Crippen LogP contribution in [0.3, 0.4) is 0 Å². The highest BCUT2D eigenvalue weighted by atomic mass is 32.1. The Labute approximate surface area is 122 Å². The highest BCUT2D eigenvalue weighted by Gasteiger charge is 2.23. The number of rotatable bonds is 8. The maximum Gasteiger partial charge on any atom is 0.358 e. The molecule has 0 fully saturated rings. The first-order valence-corrected chi connectivity index (χ1v) is 7.29. The van der Waals surface area contributed by atoms with E-state index in [2.05, 4.69) is 9.72 Å². The number of ether oxygens (including phenoxy) is 2. The summed E-state index contributed by atoms with van der Waals surface area (Å²) in [6, 6.07) is 0. The van der Waals surface area contributed by atoms with Crippen molar-refractivity contribution in [2.24, 2.45) is 0 Å². The van der Waals surface area contributed by atoms with Gasteiger partial charge in [0, 0.05) is 26.6 Å². The van der Waals surface area contributed by atoms with E-state index in [-0.39, 0.29) is 11.5 Å². The highest BCUT2D eigenvalue weighted by Crippen LogP contribution is 2.27. The molecule has 0 atom stereocenters. The summed E-state index contributed by atoms with van der Waals surface area (Å²) in [5.74, 6) is -0.770. The van der Waals surface area contributed by atoms with Crippen molar-refractivity contribution in [1.29, 1.82) is 0 Å². The Morgan fingerprint density at radius 1 is 1.35 bits per heavy atom. The van der Waals surface area contributed by atoms with Crippen molar-refractivity contribution in [2.45, 2.75) is 20.8 Å². The van der Waals surface area contributed by atoms with Crippen LogP contribution in [0.4, 0.5) is 5.13 Å². The summed E-state index contributed by atoms with van der Waals surface area (Å²) in [5.41, 5.74) is 0.0925. The van der Waals surface area contributed by atoms with Gasteiger partial charge in [-0.25, -0.2) is 9.78 Å². The Morgan fingerprint density at radius 3 is 2.55 bits per heavy atom. The minimum atomic E-state index is -0.585. The van der Waals surface area contributed by atoms with Crippen molar-refractivity contribution in [2.75, 3.05) is 38.3 Å². The predicted molar refractivity (Wildman–Crippen MR) is 77.8 cm³/mol. The average molecular weight is 300 g/mol. The third kappa shape index (κ3) is 4.01. The molecule has 1 rings (SSSR count). The van der Waals surface area contributed by atoms with Crippen molar-refractivity contribution in [3.05, 3.63) is 10.6 Å². The standard InChI is InChI=1S/C13H20N2O4S/c1-5-15(7-8-19-6-2)13-14-10(12(17)18-4)11(20-13)9(3)16/h5-8H2,1-4H3. The largest absolute Gasteiger partial charge is 0.464 e. The van der Waals surface area contributed by atoms with Crippen LogP contribution in [-0.4, -0.2) is 50.1 Å². The minimum Gasteiger partial charge on any atom is -0.464 e. The van der Waals surface area contributed by atoms with Gasteiger partial charge < -0.3 is 14.4 Å². The second-order valence-corrected chi connectivity index (χ2v) is 4.98. The van der Waals surface area contributed by atoms with E-state index >= 15 is 0 Å². The van der Waals surface area contributed by atoms with Crippen LogP contribution in [-0.2, 0) is 9.47 Å². The number of methoxy groups -OCH3 is 1. The van der Waals surface area contributed by atoms with Gasteiger partial charge in [0.25, 0.3) is 0 Å². The monoisotopic (exact) mass is 300 g/mol. The zero-order valence-electron chi connectivity index (χ0n) is 12.3. The predicted octanol–water partition coefficient (Wildman–Crippen LogP) is 2.00. The van der Waals surface area contributed by atoms with Gasteiger partial charge in [0.15, 0.2) is 16.6 Å². The number of esters is 1. The molecule has 0 amide bonds. The fraction of sp³-hybridized carbons (Fsp3) is 0.615. The van der Waals surface area contributed by atoms with E-state index in [1.54, 1.807) is 0 Å². The fourth-order valence-corrected chi connectivity index (χ4v) is 2.66. The van der Waals surface area contributed by atoms with Gasteiger partial charge >= 0.3 is 5.97 Å². The van der Waals surface area contributed by atoms with Crippen LogP contribution < -0.4 is 4.90 Å². The average Bonchev–Trinajstić information content (AvgIpc) is 2.88. The van der Waals surface area contributed by atoms with E-state index in [0.29, 0.717) is 29.8 Å². The lowest BCUT2D eigenvalue weighted by Gasteiger charge is -2.19. The molecule has 20 heavy (non-hydrogen) atoms. The highest BCUT2D eigenvalue weighted by molar-refractivity contribution is 7.17. The number of nitrogens with zero attached hydrogens (tertiary/aromatic N) is 2. The van der Waals surface area contributed by atoms with Crippen LogP contribution in [0, 0.1) is 0 Å². The van der Waals surface area contributed by atoms with E-state index in [4.69, 9.17) is 4.74 Å². The number of carbonyl (C=O) groups is 2. The topological polar surface area (TPSA) is 68.7 Å². The van der Waals surface area contributed by atoms with Gasteiger partial charge in [-0.3, -0.25) is 4.79 Å². The van der Waals surface area contributed by atoms with Crippen LogP contribution in [0.25, 0.3) is 0 Å². The van der Waals surface area contributed by atoms with Gasteiger partial charge in [-0.2, -0.15) is 0 Å². The third-order valence-electron chi connectivity index (χ3n) is 2.68. The van der Waals surface area contributed by atoms with Crippen molar-refractivity contribution in [1.82, 2.24) is 4.98 Å². The summed E-state index contributed by atoms with van der Waals surface area (Å²) in [4.78, 5) is 29.8. The van der Waals surface area contributed by atoms with Gasteiger partial charge in [0.1, 0.15) is 4.88 Å². The van der Waals surface area contributed by atoms with Gasteiger partial charge in [0.2, 0.25) is 0 Å². The van der Waals surface area contributed by atoms with Gasteiger partial charge in [-0.15, -0.1) is 0 Å². The van der Waals surface area contributed by atoms with Crippen LogP contribution in [0.2, 0.25) is 0 Å². The minimum absolute atomic E-state index is 0.0925. The van der Waals surface area contributed by atoms with Crippen LogP contribution >= 0.6 is 11.3 Å². The number of anilines is 1. The zero-order chi connectivity index (χ0) is 15.1. The van der Waals surface area contributed by atoms with Gasteiger partial charge in [0.05, 0.1) is 13.7 Å². The molecule has 0 saturated heterocycles. The zero-order valence-corrected chi connectivity index (χ0v) is 13.1.